The van der Waals surface area contributed by atoms with Crippen molar-refractivity contribution in [3.05, 3.63) is 53.3 Å². The second-order valence-electron chi connectivity index (χ2n) is 7.83. The molecule has 1 heterocycles. The predicted molar refractivity (Wildman–Crippen MR) is 123 cm³/mol. The van der Waals surface area contributed by atoms with Gasteiger partial charge < -0.3 is 25.0 Å². The summed E-state index contributed by atoms with van der Waals surface area (Å²) in [5.74, 6) is -2.21. The average molecular weight is 537 g/mol. The Hall–Kier alpha value is -3.09. The molecule has 8 nitrogen and oxygen atoms in total. The SMILES string of the molecule is CC(=O)Nc1cc(Cl)ccc1OCC(O)CN1CCC(Oc2ccc(F)cc2)C1.O=C(O)C(F)(F)F. The Morgan fingerprint density at radius 2 is 1.86 bits per heavy atom. The van der Waals surface area contributed by atoms with E-state index in [0.29, 0.717) is 35.3 Å². The third kappa shape index (κ3) is 10.3. The van der Waals surface area contributed by atoms with E-state index in [9.17, 15) is 27.5 Å². The number of anilines is 1. The van der Waals surface area contributed by atoms with Gasteiger partial charge in [-0.1, -0.05) is 11.6 Å². The fourth-order valence-corrected chi connectivity index (χ4v) is 3.39. The van der Waals surface area contributed by atoms with Crippen LogP contribution >= 0.6 is 11.6 Å². The van der Waals surface area contributed by atoms with Crippen molar-refractivity contribution in [3.8, 4) is 11.5 Å². The van der Waals surface area contributed by atoms with Crippen molar-refractivity contribution in [2.24, 2.45) is 0 Å². The zero-order chi connectivity index (χ0) is 26.9. The molecule has 2 aromatic carbocycles. The summed E-state index contributed by atoms with van der Waals surface area (Å²) in [6.45, 7) is 3.38. The molecular formula is C23H25ClF4N2O6. The number of likely N-dealkylation sites (tertiary alicyclic amines) is 1. The van der Waals surface area contributed by atoms with Crippen molar-refractivity contribution in [1.29, 1.82) is 0 Å². The van der Waals surface area contributed by atoms with Crippen molar-refractivity contribution in [1.82, 2.24) is 4.90 Å². The third-order valence-corrected chi connectivity index (χ3v) is 4.98. The highest BCUT2D eigenvalue weighted by Crippen LogP contribution is 2.28. The molecule has 0 saturated carbocycles. The summed E-state index contributed by atoms with van der Waals surface area (Å²) < 4.78 is 56.3. The summed E-state index contributed by atoms with van der Waals surface area (Å²) >= 11 is 5.96. The number of rotatable bonds is 8. The van der Waals surface area contributed by atoms with Crippen molar-refractivity contribution >= 4 is 29.2 Å². The largest absolute Gasteiger partial charge is 0.490 e. The Bertz CT molecular complexity index is 1020. The van der Waals surface area contributed by atoms with E-state index in [1.165, 1.54) is 19.1 Å². The normalized spacial score (nSPS) is 16.5. The molecule has 1 aliphatic rings. The van der Waals surface area contributed by atoms with Gasteiger partial charge >= 0.3 is 12.1 Å². The van der Waals surface area contributed by atoms with E-state index < -0.39 is 18.2 Å². The van der Waals surface area contributed by atoms with Gasteiger partial charge in [-0.15, -0.1) is 0 Å². The first-order chi connectivity index (χ1) is 16.8. The minimum absolute atomic E-state index is 0.00351. The Labute approximate surface area is 209 Å². The maximum absolute atomic E-state index is 13.0. The van der Waals surface area contributed by atoms with Crippen LogP contribution in [0.1, 0.15) is 13.3 Å². The molecule has 36 heavy (non-hydrogen) atoms. The number of nitrogens with zero attached hydrogens (tertiary/aromatic N) is 1. The highest BCUT2D eigenvalue weighted by atomic mass is 35.5. The molecule has 13 heteroatoms. The summed E-state index contributed by atoms with van der Waals surface area (Å²) in [5, 5.41) is 20.6. The van der Waals surface area contributed by atoms with Crippen molar-refractivity contribution in [3.63, 3.8) is 0 Å². The average Bonchev–Trinajstić information content (AvgIpc) is 3.20. The number of hydrogen-bond acceptors (Lipinski definition) is 6. The van der Waals surface area contributed by atoms with Crippen molar-refractivity contribution in [2.45, 2.75) is 31.7 Å². The van der Waals surface area contributed by atoms with Crippen LogP contribution < -0.4 is 14.8 Å². The number of alkyl halides is 3. The van der Waals surface area contributed by atoms with Crippen LogP contribution in [0.2, 0.25) is 5.02 Å². The first kappa shape index (κ1) is 29.1. The minimum Gasteiger partial charge on any atom is -0.489 e. The van der Waals surface area contributed by atoms with Crippen LogP contribution in [-0.2, 0) is 9.59 Å². The van der Waals surface area contributed by atoms with Gasteiger partial charge in [0.2, 0.25) is 5.91 Å². The van der Waals surface area contributed by atoms with Gasteiger partial charge in [-0.05, 0) is 48.9 Å². The molecule has 0 radical (unpaired) electrons. The standard InChI is InChI=1S/C21H24ClFN2O4.C2HF3O2/c1-14(26)24-20-10-15(22)2-7-21(20)28-13-17(27)11-25-9-8-19(12-25)29-18-5-3-16(23)4-6-18;3-2(4,5)1(6)7/h2-7,10,17,19,27H,8-9,11-13H2,1H3,(H,24,26);(H,6,7). The number of carbonyl (C=O) groups excluding carboxylic acids is 1. The van der Waals surface area contributed by atoms with Crippen molar-refractivity contribution < 1.29 is 46.8 Å². The summed E-state index contributed by atoms with van der Waals surface area (Å²) in [6.07, 6.45) is -4.97. The van der Waals surface area contributed by atoms with E-state index in [-0.39, 0.29) is 24.4 Å². The number of amides is 1. The highest BCUT2D eigenvalue weighted by molar-refractivity contribution is 6.31. The van der Waals surface area contributed by atoms with Gasteiger partial charge in [0.25, 0.3) is 0 Å². The van der Waals surface area contributed by atoms with Gasteiger partial charge in [0.15, 0.2) is 0 Å². The fourth-order valence-electron chi connectivity index (χ4n) is 3.22. The zero-order valence-corrected chi connectivity index (χ0v) is 19.9. The summed E-state index contributed by atoms with van der Waals surface area (Å²) in [6, 6.07) is 10.9. The summed E-state index contributed by atoms with van der Waals surface area (Å²) in [4.78, 5) is 22.3. The van der Waals surface area contributed by atoms with Crippen LogP contribution in [0, 0.1) is 5.82 Å². The first-order valence-electron chi connectivity index (χ1n) is 10.7. The number of nitrogens with one attached hydrogen (secondary N) is 1. The van der Waals surface area contributed by atoms with E-state index in [0.717, 1.165) is 13.0 Å². The van der Waals surface area contributed by atoms with Crippen LogP contribution in [0.5, 0.6) is 11.5 Å². The predicted octanol–water partition coefficient (Wildman–Crippen LogP) is 3.96. The zero-order valence-electron chi connectivity index (χ0n) is 19.1. The molecule has 0 bridgehead atoms. The maximum atomic E-state index is 13.0. The number of aliphatic hydroxyl groups excluding tert-OH is 1. The second-order valence-corrected chi connectivity index (χ2v) is 8.27. The fraction of sp³-hybridized carbons (Fsp3) is 0.391. The molecule has 2 aromatic rings. The molecule has 3 N–H and O–H groups in total. The number of carboxylic acid groups (broad SMARTS) is 1. The number of aliphatic hydroxyl groups is 1. The monoisotopic (exact) mass is 536 g/mol. The number of benzene rings is 2. The number of ether oxygens (including phenoxy) is 2. The van der Waals surface area contributed by atoms with Gasteiger partial charge in [0, 0.05) is 31.6 Å². The molecule has 1 saturated heterocycles. The smallest absolute Gasteiger partial charge is 0.489 e. The minimum atomic E-state index is -5.08. The summed E-state index contributed by atoms with van der Waals surface area (Å²) in [5.41, 5.74) is 0.464. The quantitative estimate of drug-likeness (QED) is 0.438. The lowest BCUT2D eigenvalue weighted by molar-refractivity contribution is -0.192. The van der Waals surface area contributed by atoms with Gasteiger partial charge in [0.05, 0.1) is 5.69 Å². The van der Waals surface area contributed by atoms with E-state index in [4.69, 9.17) is 31.0 Å². The summed E-state index contributed by atoms with van der Waals surface area (Å²) in [7, 11) is 0. The Morgan fingerprint density at radius 3 is 2.44 bits per heavy atom. The molecule has 198 valence electrons. The maximum Gasteiger partial charge on any atom is 0.490 e. The van der Waals surface area contributed by atoms with Gasteiger partial charge in [-0.2, -0.15) is 13.2 Å². The molecule has 0 spiro atoms. The molecule has 1 aliphatic heterocycles. The molecule has 0 aliphatic carbocycles. The molecule has 2 atom stereocenters. The highest BCUT2D eigenvalue weighted by Gasteiger charge is 2.38. The topological polar surface area (TPSA) is 108 Å². The Balaban J connectivity index is 0.000000572. The van der Waals surface area contributed by atoms with Gasteiger partial charge in [-0.25, -0.2) is 9.18 Å². The number of carboxylic acids is 1. The van der Waals surface area contributed by atoms with Crippen LogP contribution in [-0.4, -0.2) is 71.6 Å². The number of halogens is 5. The van der Waals surface area contributed by atoms with E-state index in [2.05, 4.69) is 10.2 Å². The van der Waals surface area contributed by atoms with E-state index in [1.54, 1.807) is 30.3 Å². The third-order valence-electron chi connectivity index (χ3n) is 4.74. The van der Waals surface area contributed by atoms with Crippen LogP contribution in [0.25, 0.3) is 0 Å². The van der Waals surface area contributed by atoms with Crippen LogP contribution in [0.15, 0.2) is 42.5 Å². The molecular weight excluding hydrogens is 512 g/mol. The Kier molecular flexibility index (Phi) is 10.8. The number of carbonyl (C=O) groups is 2. The lowest BCUT2D eigenvalue weighted by Crippen LogP contribution is -2.35. The molecule has 2 unspecified atom stereocenters. The van der Waals surface area contributed by atoms with Crippen LogP contribution in [0.4, 0.5) is 23.2 Å². The van der Waals surface area contributed by atoms with E-state index in [1.807, 2.05) is 0 Å². The number of aliphatic carboxylic acids is 1. The number of hydrogen-bond donors (Lipinski definition) is 3. The Morgan fingerprint density at radius 1 is 1.22 bits per heavy atom. The van der Waals surface area contributed by atoms with E-state index >= 15 is 0 Å². The number of β-amino-alcohol motifs (C(OH)–C–C–N with tert-alkyl or cyclic N) is 1. The lowest BCUT2D eigenvalue weighted by Gasteiger charge is -2.21. The lowest BCUT2D eigenvalue weighted by atomic mass is 10.3. The molecule has 1 amide bonds. The second kappa shape index (κ2) is 13.3. The molecule has 1 fully saturated rings. The van der Waals surface area contributed by atoms with Crippen LogP contribution in [0.3, 0.4) is 0 Å². The van der Waals surface area contributed by atoms with Gasteiger partial charge in [0.1, 0.15) is 36.1 Å². The first-order valence-corrected chi connectivity index (χ1v) is 11.0. The van der Waals surface area contributed by atoms with Crippen molar-refractivity contribution in [2.75, 3.05) is 31.6 Å². The van der Waals surface area contributed by atoms with Gasteiger partial charge in [-0.3, -0.25) is 9.69 Å². The molecule has 0 aromatic heterocycles. The molecule has 3 rings (SSSR count).